The number of aromatic nitrogens is 2. The molecule has 1 aromatic heterocycles. The highest BCUT2D eigenvalue weighted by Crippen LogP contribution is 2.14. The van der Waals surface area contributed by atoms with Gasteiger partial charge < -0.3 is 5.11 Å². The van der Waals surface area contributed by atoms with Crippen molar-refractivity contribution in [2.45, 2.75) is 6.54 Å². The van der Waals surface area contributed by atoms with E-state index in [4.69, 9.17) is 28.3 Å². The lowest BCUT2D eigenvalue weighted by atomic mass is 10.1. The standard InChI is InChI=1S/C12H8Cl2N2O3/c13-5-7(14)6-16-11(17)9-4-2-1-3-8(9)10(15-16)12(18)19/h1-5H,6H2,(H,18,19). The fraction of sp³-hybridized carbons (Fsp3) is 0.0833. The average molecular weight is 299 g/mol. The second kappa shape index (κ2) is 5.42. The molecule has 0 spiro atoms. The summed E-state index contributed by atoms with van der Waals surface area (Å²) in [6.07, 6.45) is 0. The Labute approximate surface area is 117 Å². The Morgan fingerprint density at radius 2 is 2.00 bits per heavy atom. The topological polar surface area (TPSA) is 72.2 Å². The Balaban J connectivity index is 2.77. The van der Waals surface area contributed by atoms with Crippen molar-refractivity contribution >= 4 is 39.9 Å². The molecule has 0 fully saturated rings. The van der Waals surface area contributed by atoms with Gasteiger partial charge in [-0.05, 0) is 6.07 Å². The molecule has 0 saturated carbocycles. The number of hydrogen-bond acceptors (Lipinski definition) is 3. The lowest BCUT2D eigenvalue weighted by Crippen LogP contribution is -2.26. The van der Waals surface area contributed by atoms with Gasteiger partial charge >= 0.3 is 5.97 Å². The molecule has 0 bridgehead atoms. The molecule has 2 aromatic rings. The summed E-state index contributed by atoms with van der Waals surface area (Å²) in [5.41, 5.74) is 0.484. The smallest absolute Gasteiger partial charge is 0.357 e. The number of carboxylic acid groups (broad SMARTS) is 1. The molecule has 5 nitrogen and oxygen atoms in total. The van der Waals surface area contributed by atoms with Crippen LogP contribution in [0.25, 0.3) is 10.8 Å². The molecule has 0 aliphatic heterocycles. The molecule has 0 radical (unpaired) electrons. The number of carboxylic acids is 1. The van der Waals surface area contributed by atoms with Crippen LogP contribution >= 0.6 is 23.2 Å². The number of fused-ring (bicyclic) bond motifs is 1. The molecule has 0 aliphatic rings. The summed E-state index contributed by atoms with van der Waals surface area (Å²) >= 11 is 11.2. The Morgan fingerprint density at radius 3 is 2.58 bits per heavy atom. The van der Waals surface area contributed by atoms with E-state index < -0.39 is 11.5 Å². The number of rotatable bonds is 3. The highest BCUT2D eigenvalue weighted by Gasteiger charge is 2.15. The molecule has 0 unspecified atom stereocenters. The van der Waals surface area contributed by atoms with Crippen molar-refractivity contribution in [3.63, 3.8) is 0 Å². The zero-order chi connectivity index (χ0) is 14.0. The lowest BCUT2D eigenvalue weighted by Gasteiger charge is -2.07. The number of halogens is 2. The van der Waals surface area contributed by atoms with Gasteiger partial charge in [-0.15, -0.1) is 0 Å². The second-order valence-electron chi connectivity index (χ2n) is 3.72. The van der Waals surface area contributed by atoms with Gasteiger partial charge in [-0.3, -0.25) is 4.79 Å². The van der Waals surface area contributed by atoms with Gasteiger partial charge in [0.25, 0.3) is 5.56 Å². The van der Waals surface area contributed by atoms with Crippen LogP contribution in [0.4, 0.5) is 0 Å². The fourth-order valence-electron chi connectivity index (χ4n) is 1.68. The van der Waals surface area contributed by atoms with Crippen molar-refractivity contribution in [1.29, 1.82) is 0 Å². The second-order valence-corrected chi connectivity index (χ2v) is 4.42. The van der Waals surface area contributed by atoms with Gasteiger partial charge in [0.2, 0.25) is 0 Å². The van der Waals surface area contributed by atoms with Gasteiger partial charge in [-0.25, -0.2) is 9.48 Å². The molecule has 1 heterocycles. The molecule has 0 saturated heterocycles. The molecule has 0 aliphatic carbocycles. The molecular formula is C12H8Cl2N2O3. The molecule has 98 valence electrons. The predicted molar refractivity (Wildman–Crippen MR) is 72.8 cm³/mol. The van der Waals surface area contributed by atoms with Crippen LogP contribution in [-0.4, -0.2) is 20.9 Å². The van der Waals surface area contributed by atoms with E-state index in [1.165, 1.54) is 6.07 Å². The number of benzene rings is 1. The van der Waals surface area contributed by atoms with Crippen molar-refractivity contribution in [2.24, 2.45) is 0 Å². The minimum absolute atomic E-state index is 0.0744. The fourth-order valence-corrected chi connectivity index (χ4v) is 1.86. The number of carbonyl (C=O) groups is 1. The zero-order valence-electron chi connectivity index (χ0n) is 9.51. The third-order valence-electron chi connectivity index (χ3n) is 2.49. The zero-order valence-corrected chi connectivity index (χ0v) is 11.0. The summed E-state index contributed by atoms with van der Waals surface area (Å²) in [6.45, 7) is -0.0744. The number of allylic oxidation sites excluding steroid dienone is 1. The third kappa shape index (κ3) is 2.62. The van der Waals surface area contributed by atoms with Crippen LogP contribution in [0.15, 0.2) is 39.6 Å². The van der Waals surface area contributed by atoms with E-state index >= 15 is 0 Å². The van der Waals surface area contributed by atoms with E-state index in [1.807, 2.05) is 0 Å². The van der Waals surface area contributed by atoms with Crippen LogP contribution in [0.5, 0.6) is 0 Å². The van der Waals surface area contributed by atoms with Crippen molar-refractivity contribution in [3.05, 3.63) is 50.9 Å². The summed E-state index contributed by atoms with van der Waals surface area (Å²) in [4.78, 5) is 23.3. The summed E-state index contributed by atoms with van der Waals surface area (Å²) in [5, 5.41) is 13.7. The molecule has 0 amide bonds. The highest BCUT2D eigenvalue weighted by atomic mass is 35.5. The van der Waals surface area contributed by atoms with Crippen LogP contribution in [0, 0.1) is 0 Å². The summed E-state index contributed by atoms with van der Waals surface area (Å²) in [6, 6.07) is 6.38. The monoisotopic (exact) mass is 298 g/mol. The highest BCUT2D eigenvalue weighted by molar-refractivity contribution is 6.36. The van der Waals surface area contributed by atoms with Gasteiger partial charge in [0, 0.05) is 10.9 Å². The van der Waals surface area contributed by atoms with E-state index in [9.17, 15) is 9.59 Å². The summed E-state index contributed by atoms with van der Waals surface area (Å²) in [5.74, 6) is -1.21. The van der Waals surface area contributed by atoms with Crippen molar-refractivity contribution < 1.29 is 9.90 Å². The Morgan fingerprint density at radius 1 is 1.37 bits per heavy atom. The minimum Gasteiger partial charge on any atom is -0.476 e. The first-order valence-electron chi connectivity index (χ1n) is 5.22. The Kier molecular flexibility index (Phi) is 3.87. The van der Waals surface area contributed by atoms with Gasteiger partial charge in [0.05, 0.1) is 17.0 Å². The Hall–Kier alpha value is -1.85. The Bertz CT molecular complexity index is 737. The van der Waals surface area contributed by atoms with E-state index in [-0.39, 0.29) is 22.7 Å². The molecule has 1 aromatic carbocycles. The molecular weight excluding hydrogens is 291 g/mol. The summed E-state index contributed by atoms with van der Waals surface area (Å²) in [7, 11) is 0. The first-order valence-corrected chi connectivity index (χ1v) is 6.04. The van der Waals surface area contributed by atoms with Gasteiger partial charge in [-0.1, -0.05) is 41.4 Å². The molecule has 19 heavy (non-hydrogen) atoms. The average Bonchev–Trinajstić information content (AvgIpc) is 2.41. The maximum Gasteiger partial charge on any atom is 0.357 e. The SMILES string of the molecule is O=C(O)c1nn(CC(Cl)=CCl)c(=O)c2ccccc12. The lowest BCUT2D eigenvalue weighted by molar-refractivity contribution is 0.0690. The molecule has 1 N–H and O–H groups in total. The van der Waals surface area contributed by atoms with Gasteiger partial charge in [-0.2, -0.15) is 5.10 Å². The minimum atomic E-state index is -1.21. The van der Waals surface area contributed by atoms with Crippen LogP contribution < -0.4 is 5.56 Å². The van der Waals surface area contributed by atoms with Gasteiger partial charge in [0.15, 0.2) is 5.69 Å². The number of hydrogen-bond donors (Lipinski definition) is 1. The largest absolute Gasteiger partial charge is 0.476 e. The van der Waals surface area contributed by atoms with Crippen molar-refractivity contribution in [2.75, 3.05) is 0 Å². The van der Waals surface area contributed by atoms with Crippen molar-refractivity contribution in [1.82, 2.24) is 9.78 Å². The first-order chi connectivity index (χ1) is 9.04. The quantitative estimate of drug-likeness (QED) is 0.944. The van der Waals surface area contributed by atoms with Crippen LogP contribution in [0.3, 0.4) is 0 Å². The van der Waals surface area contributed by atoms with E-state index in [1.54, 1.807) is 18.2 Å². The molecule has 7 heteroatoms. The van der Waals surface area contributed by atoms with Crippen molar-refractivity contribution in [3.8, 4) is 0 Å². The first kappa shape index (κ1) is 13.6. The predicted octanol–water partition coefficient (Wildman–Crippen LogP) is 2.41. The van der Waals surface area contributed by atoms with Crippen LogP contribution in [-0.2, 0) is 6.54 Å². The van der Waals surface area contributed by atoms with E-state index in [0.717, 1.165) is 10.2 Å². The van der Waals surface area contributed by atoms with Crippen LogP contribution in [0.1, 0.15) is 10.5 Å². The van der Waals surface area contributed by atoms with Gasteiger partial charge in [0.1, 0.15) is 0 Å². The molecule has 2 rings (SSSR count). The maximum absolute atomic E-state index is 12.1. The molecule has 0 atom stereocenters. The van der Waals surface area contributed by atoms with E-state index in [2.05, 4.69) is 5.10 Å². The third-order valence-corrected chi connectivity index (χ3v) is 3.09. The summed E-state index contributed by atoms with van der Waals surface area (Å²) < 4.78 is 0.979. The normalized spacial score (nSPS) is 11.8. The van der Waals surface area contributed by atoms with Crippen LogP contribution in [0.2, 0.25) is 0 Å². The number of aromatic carboxylic acids is 1. The maximum atomic E-state index is 12.1. The van der Waals surface area contributed by atoms with E-state index in [0.29, 0.717) is 5.39 Å². The number of nitrogens with zero attached hydrogens (tertiary/aromatic N) is 2.